The Morgan fingerprint density at radius 2 is 1.96 bits per heavy atom. The highest BCUT2D eigenvalue weighted by molar-refractivity contribution is 7.12. The number of thiophene rings is 1. The maximum atomic E-state index is 13.1. The quantitative estimate of drug-likeness (QED) is 0.797. The first-order valence-electron chi connectivity index (χ1n) is 8.58. The fourth-order valence-corrected chi connectivity index (χ4v) is 3.58. The van der Waals surface area contributed by atoms with Crippen LogP contribution in [0.15, 0.2) is 41.8 Å². The monoisotopic (exact) mass is 390 g/mol. The summed E-state index contributed by atoms with van der Waals surface area (Å²) >= 11 is 1.39. The molecule has 1 fully saturated rings. The number of anilines is 1. The summed E-state index contributed by atoms with van der Waals surface area (Å²) in [4.78, 5) is 38.7. The molecule has 142 valence electrons. The van der Waals surface area contributed by atoms with Gasteiger partial charge in [0, 0.05) is 18.8 Å². The molecule has 1 aliphatic heterocycles. The number of likely N-dealkylation sites (tertiary alicyclic amines) is 1. The molecule has 2 amide bonds. The van der Waals surface area contributed by atoms with Crippen molar-refractivity contribution in [3.63, 3.8) is 0 Å². The number of ether oxygens (including phenoxy) is 1. The number of carbonyl (C=O) groups is 3. The van der Waals surface area contributed by atoms with E-state index in [0.717, 1.165) is 0 Å². The second-order valence-corrected chi connectivity index (χ2v) is 7.16. The van der Waals surface area contributed by atoms with E-state index in [-0.39, 0.29) is 11.8 Å². The highest BCUT2D eigenvalue weighted by Crippen LogP contribution is 2.21. The minimum Gasteiger partial charge on any atom is -0.455 e. The van der Waals surface area contributed by atoms with E-state index >= 15 is 0 Å². The number of nitrogens with one attached hydrogen (secondary N) is 1. The van der Waals surface area contributed by atoms with Crippen molar-refractivity contribution in [2.45, 2.75) is 12.8 Å². The Morgan fingerprint density at radius 3 is 2.63 bits per heavy atom. The van der Waals surface area contributed by atoms with E-state index in [1.807, 2.05) is 11.4 Å². The van der Waals surface area contributed by atoms with Crippen LogP contribution in [0.5, 0.6) is 0 Å². The van der Waals surface area contributed by atoms with Crippen molar-refractivity contribution >= 4 is 34.8 Å². The Hall–Kier alpha value is -2.74. The zero-order valence-electron chi connectivity index (χ0n) is 14.5. The van der Waals surface area contributed by atoms with E-state index in [2.05, 4.69) is 5.32 Å². The van der Waals surface area contributed by atoms with Gasteiger partial charge in [-0.3, -0.25) is 14.4 Å². The van der Waals surface area contributed by atoms with Crippen molar-refractivity contribution in [2.24, 2.45) is 5.92 Å². The van der Waals surface area contributed by atoms with Crippen molar-refractivity contribution in [2.75, 3.05) is 25.0 Å². The fraction of sp³-hybridized carbons (Fsp3) is 0.316. The highest BCUT2D eigenvalue weighted by atomic mass is 32.1. The highest BCUT2D eigenvalue weighted by Gasteiger charge is 2.29. The van der Waals surface area contributed by atoms with Crippen molar-refractivity contribution in [3.8, 4) is 0 Å². The van der Waals surface area contributed by atoms with Crippen LogP contribution in [0.4, 0.5) is 10.1 Å². The van der Waals surface area contributed by atoms with Crippen LogP contribution in [0.2, 0.25) is 0 Å². The Bertz CT molecular complexity index is 817. The molecular weight excluding hydrogens is 371 g/mol. The van der Waals surface area contributed by atoms with Gasteiger partial charge in [0.25, 0.3) is 11.8 Å². The second-order valence-electron chi connectivity index (χ2n) is 6.21. The number of rotatable bonds is 5. The van der Waals surface area contributed by atoms with Gasteiger partial charge in [-0.05, 0) is 42.5 Å². The smallest absolute Gasteiger partial charge is 0.309 e. The summed E-state index contributed by atoms with van der Waals surface area (Å²) in [5.74, 6) is -1.80. The normalized spacial score (nSPS) is 14.6. The van der Waals surface area contributed by atoms with Crippen LogP contribution in [0, 0.1) is 11.7 Å². The largest absolute Gasteiger partial charge is 0.455 e. The Labute approximate surface area is 159 Å². The maximum Gasteiger partial charge on any atom is 0.309 e. The van der Waals surface area contributed by atoms with Crippen molar-refractivity contribution in [1.82, 2.24) is 4.90 Å². The number of carbonyl (C=O) groups excluding carboxylic acids is 3. The molecule has 0 bridgehead atoms. The first-order valence-corrected chi connectivity index (χ1v) is 9.46. The van der Waals surface area contributed by atoms with Gasteiger partial charge in [0.2, 0.25) is 0 Å². The van der Waals surface area contributed by atoms with Crippen LogP contribution >= 0.6 is 11.3 Å². The van der Waals surface area contributed by atoms with Crippen LogP contribution in [0.25, 0.3) is 0 Å². The summed E-state index contributed by atoms with van der Waals surface area (Å²) in [6.45, 7) is 0.529. The third kappa shape index (κ3) is 5.13. The lowest BCUT2D eigenvalue weighted by Gasteiger charge is -2.30. The molecule has 0 aliphatic carbocycles. The summed E-state index contributed by atoms with van der Waals surface area (Å²) in [7, 11) is 0. The molecule has 2 heterocycles. The van der Waals surface area contributed by atoms with Crippen LogP contribution in [-0.2, 0) is 14.3 Å². The van der Waals surface area contributed by atoms with E-state index in [1.165, 1.54) is 29.5 Å². The number of hydrogen-bond donors (Lipinski definition) is 1. The minimum atomic E-state index is -0.528. The molecule has 1 N–H and O–H groups in total. The van der Waals surface area contributed by atoms with Crippen molar-refractivity contribution < 1.29 is 23.5 Å². The van der Waals surface area contributed by atoms with Gasteiger partial charge in [0.1, 0.15) is 5.82 Å². The molecule has 3 rings (SSSR count). The molecule has 0 atom stereocenters. The van der Waals surface area contributed by atoms with E-state index in [0.29, 0.717) is 36.5 Å². The molecule has 1 saturated heterocycles. The van der Waals surface area contributed by atoms with Gasteiger partial charge >= 0.3 is 5.97 Å². The van der Waals surface area contributed by atoms with Gasteiger partial charge in [-0.15, -0.1) is 11.3 Å². The summed E-state index contributed by atoms with van der Waals surface area (Å²) < 4.78 is 18.2. The average molecular weight is 390 g/mol. The van der Waals surface area contributed by atoms with E-state index in [4.69, 9.17) is 4.74 Å². The first kappa shape index (κ1) is 19.0. The Balaban J connectivity index is 1.41. The summed E-state index contributed by atoms with van der Waals surface area (Å²) in [5, 5.41) is 4.32. The van der Waals surface area contributed by atoms with Gasteiger partial charge in [0.15, 0.2) is 6.61 Å². The molecule has 0 saturated carbocycles. The third-order valence-electron chi connectivity index (χ3n) is 4.30. The van der Waals surface area contributed by atoms with Crippen LogP contribution < -0.4 is 5.32 Å². The topological polar surface area (TPSA) is 75.7 Å². The predicted octanol–water partition coefficient (Wildman–Crippen LogP) is 2.92. The summed E-state index contributed by atoms with van der Waals surface area (Å²) in [6.07, 6.45) is 1.00. The molecule has 1 aromatic carbocycles. The minimum absolute atomic E-state index is 0.0220. The molecule has 2 aromatic rings. The van der Waals surface area contributed by atoms with Gasteiger partial charge in [-0.2, -0.15) is 0 Å². The zero-order valence-corrected chi connectivity index (χ0v) is 15.3. The lowest BCUT2D eigenvalue weighted by atomic mass is 9.97. The summed E-state index contributed by atoms with van der Waals surface area (Å²) in [5.41, 5.74) is 0.302. The molecule has 1 aromatic heterocycles. The summed E-state index contributed by atoms with van der Waals surface area (Å²) in [6, 6.07) is 9.08. The van der Waals surface area contributed by atoms with Gasteiger partial charge in [-0.1, -0.05) is 12.1 Å². The lowest BCUT2D eigenvalue weighted by Crippen LogP contribution is -2.40. The SMILES string of the molecule is O=C(COC(=O)C1CCN(C(=O)c2cccs2)CC1)Nc1cccc(F)c1. The maximum absolute atomic E-state index is 13.1. The zero-order chi connectivity index (χ0) is 19.2. The van der Waals surface area contributed by atoms with Crippen molar-refractivity contribution in [3.05, 3.63) is 52.5 Å². The number of amides is 2. The lowest BCUT2D eigenvalue weighted by molar-refractivity contribution is -0.152. The molecule has 0 unspecified atom stereocenters. The van der Waals surface area contributed by atoms with Gasteiger partial charge < -0.3 is 15.0 Å². The number of piperidine rings is 1. The molecule has 0 spiro atoms. The van der Waals surface area contributed by atoms with E-state index in [1.54, 1.807) is 17.0 Å². The first-order chi connectivity index (χ1) is 13.0. The Morgan fingerprint density at radius 1 is 1.19 bits per heavy atom. The molecule has 8 heteroatoms. The molecule has 0 radical (unpaired) electrons. The molecule has 1 aliphatic rings. The number of hydrogen-bond acceptors (Lipinski definition) is 5. The molecular formula is C19H19FN2O4S. The van der Waals surface area contributed by atoms with Gasteiger partial charge in [-0.25, -0.2) is 4.39 Å². The Kier molecular flexibility index (Phi) is 6.18. The van der Waals surface area contributed by atoms with Crippen molar-refractivity contribution in [1.29, 1.82) is 0 Å². The predicted molar refractivity (Wildman–Crippen MR) is 98.9 cm³/mol. The number of benzene rings is 1. The van der Waals surface area contributed by atoms with Crippen LogP contribution in [0.3, 0.4) is 0 Å². The van der Waals surface area contributed by atoms with Crippen LogP contribution in [0.1, 0.15) is 22.5 Å². The standard InChI is InChI=1S/C19H19FN2O4S/c20-14-3-1-4-15(11-14)21-17(23)12-26-19(25)13-6-8-22(9-7-13)18(24)16-5-2-10-27-16/h1-5,10-11,13H,6-9,12H2,(H,21,23). The third-order valence-corrected chi connectivity index (χ3v) is 5.16. The number of halogens is 1. The average Bonchev–Trinajstić information content (AvgIpc) is 3.20. The molecule has 27 heavy (non-hydrogen) atoms. The number of nitrogens with zero attached hydrogens (tertiary/aromatic N) is 1. The fourth-order valence-electron chi connectivity index (χ4n) is 2.89. The second kappa shape index (κ2) is 8.77. The van der Waals surface area contributed by atoms with E-state index < -0.39 is 24.3 Å². The molecule has 6 nitrogen and oxygen atoms in total. The van der Waals surface area contributed by atoms with Gasteiger partial charge in [0.05, 0.1) is 10.8 Å². The number of esters is 1. The van der Waals surface area contributed by atoms with E-state index in [9.17, 15) is 18.8 Å². The van der Waals surface area contributed by atoms with Crippen LogP contribution in [-0.4, -0.2) is 42.4 Å².